The molecule has 0 aliphatic heterocycles. The Bertz CT molecular complexity index is 140. The molecule has 1 N–H and O–H groups in total. The Labute approximate surface area is 68.7 Å². The summed E-state index contributed by atoms with van der Waals surface area (Å²) in [5.41, 5.74) is 0.839. The quantitative estimate of drug-likeness (QED) is 0.606. The molecule has 0 aromatic rings. The van der Waals surface area contributed by atoms with Crippen LogP contribution >= 0.6 is 0 Å². The monoisotopic (exact) mass is 155 g/mol. The number of unbranched alkanes of at least 4 members (excludes halogenated alkanes) is 2. The average molecular weight is 155 g/mol. The number of allylic oxidation sites excluding steroid dienone is 1. The maximum absolute atomic E-state index is 10.5. The van der Waals surface area contributed by atoms with Gasteiger partial charge in [0.15, 0.2) is 0 Å². The van der Waals surface area contributed by atoms with Crippen molar-refractivity contribution in [1.82, 2.24) is 5.32 Å². The van der Waals surface area contributed by atoms with Gasteiger partial charge in [-0.2, -0.15) is 0 Å². The molecule has 0 heterocycles. The van der Waals surface area contributed by atoms with E-state index in [1.807, 2.05) is 0 Å². The summed E-state index contributed by atoms with van der Waals surface area (Å²) in [6.45, 7) is 7.39. The van der Waals surface area contributed by atoms with E-state index in [1.165, 1.54) is 19.8 Å². The summed E-state index contributed by atoms with van der Waals surface area (Å²) in [5.74, 6) is -0.0218. The fourth-order valence-electron chi connectivity index (χ4n) is 0.900. The number of nitrogens with one attached hydrogen (secondary N) is 1. The van der Waals surface area contributed by atoms with E-state index in [2.05, 4.69) is 18.8 Å². The van der Waals surface area contributed by atoms with E-state index in [0.717, 1.165) is 18.5 Å². The Morgan fingerprint density at radius 2 is 2.09 bits per heavy atom. The Balaban J connectivity index is 3.30. The van der Waals surface area contributed by atoms with Crippen molar-refractivity contribution >= 4 is 5.91 Å². The standard InChI is InChI=1S/C9H17NO/c1-4-5-6-7-8(2)10-9(3)11/h2,4-7H2,1,3H3,(H,10,11). The highest BCUT2D eigenvalue weighted by molar-refractivity contribution is 5.74. The molecule has 0 aromatic carbocycles. The molecule has 0 rings (SSSR count). The van der Waals surface area contributed by atoms with Gasteiger partial charge in [-0.1, -0.05) is 26.3 Å². The molecule has 2 nitrogen and oxygen atoms in total. The summed E-state index contributed by atoms with van der Waals surface area (Å²) in [7, 11) is 0. The second-order valence-electron chi connectivity index (χ2n) is 2.74. The molecule has 0 saturated heterocycles. The minimum absolute atomic E-state index is 0.0218. The van der Waals surface area contributed by atoms with Crippen LogP contribution in [0, 0.1) is 0 Å². The summed E-state index contributed by atoms with van der Waals surface area (Å²) in [4.78, 5) is 10.5. The largest absolute Gasteiger partial charge is 0.331 e. The van der Waals surface area contributed by atoms with Gasteiger partial charge in [0, 0.05) is 12.6 Å². The molecule has 1 amide bonds. The molecule has 11 heavy (non-hydrogen) atoms. The highest BCUT2D eigenvalue weighted by atomic mass is 16.1. The van der Waals surface area contributed by atoms with Crippen molar-refractivity contribution in [3.63, 3.8) is 0 Å². The zero-order chi connectivity index (χ0) is 8.69. The molecule has 2 heteroatoms. The Kier molecular flexibility index (Phi) is 5.53. The molecule has 0 aromatic heterocycles. The first-order valence-electron chi connectivity index (χ1n) is 4.12. The van der Waals surface area contributed by atoms with Gasteiger partial charge in [-0.3, -0.25) is 4.79 Å². The molecular weight excluding hydrogens is 138 g/mol. The van der Waals surface area contributed by atoms with Crippen molar-refractivity contribution in [2.75, 3.05) is 0 Å². The molecule has 0 saturated carbocycles. The first kappa shape index (κ1) is 10.2. The van der Waals surface area contributed by atoms with Gasteiger partial charge < -0.3 is 5.32 Å². The lowest BCUT2D eigenvalue weighted by atomic mass is 10.2. The van der Waals surface area contributed by atoms with Crippen LogP contribution in [0.4, 0.5) is 0 Å². The van der Waals surface area contributed by atoms with E-state index in [1.54, 1.807) is 0 Å². The van der Waals surface area contributed by atoms with Crippen LogP contribution in [0.3, 0.4) is 0 Å². The number of hydrogen-bond donors (Lipinski definition) is 1. The number of hydrogen-bond acceptors (Lipinski definition) is 1. The van der Waals surface area contributed by atoms with Crippen molar-refractivity contribution < 1.29 is 4.79 Å². The Hall–Kier alpha value is -0.790. The molecule has 0 bridgehead atoms. The maximum Gasteiger partial charge on any atom is 0.220 e. The van der Waals surface area contributed by atoms with Crippen molar-refractivity contribution in [3.05, 3.63) is 12.3 Å². The van der Waals surface area contributed by atoms with Gasteiger partial charge in [0.1, 0.15) is 0 Å². The SMILES string of the molecule is C=C(CCCCC)NC(C)=O. The van der Waals surface area contributed by atoms with Gasteiger partial charge in [-0.15, -0.1) is 0 Å². The number of carbonyl (C=O) groups is 1. The van der Waals surface area contributed by atoms with Gasteiger partial charge in [0.2, 0.25) is 5.91 Å². The molecule has 0 aliphatic rings. The summed E-state index contributed by atoms with van der Waals surface area (Å²) in [5, 5.41) is 2.67. The van der Waals surface area contributed by atoms with Crippen molar-refractivity contribution in [2.45, 2.75) is 39.5 Å². The van der Waals surface area contributed by atoms with Gasteiger partial charge in [-0.05, 0) is 12.8 Å². The molecule has 0 atom stereocenters. The van der Waals surface area contributed by atoms with Crippen LogP contribution in [0.5, 0.6) is 0 Å². The third-order valence-electron chi connectivity index (χ3n) is 1.43. The highest BCUT2D eigenvalue weighted by Gasteiger charge is 1.95. The predicted octanol–water partition coefficient (Wildman–Crippen LogP) is 2.22. The lowest BCUT2D eigenvalue weighted by Gasteiger charge is -2.04. The average Bonchev–Trinajstić information content (AvgIpc) is 1.86. The summed E-state index contributed by atoms with van der Waals surface area (Å²) < 4.78 is 0. The van der Waals surface area contributed by atoms with Crippen LogP contribution in [-0.2, 0) is 4.79 Å². The second kappa shape index (κ2) is 5.96. The van der Waals surface area contributed by atoms with Gasteiger partial charge >= 0.3 is 0 Å². The van der Waals surface area contributed by atoms with Crippen LogP contribution in [0.2, 0.25) is 0 Å². The third kappa shape index (κ3) is 7.10. The summed E-state index contributed by atoms with van der Waals surface area (Å²) >= 11 is 0. The zero-order valence-corrected chi connectivity index (χ0v) is 7.44. The van der Waals surface area contributed by atoms with Gasteiger partial charge in [-0.25, -0.2) is 0 Å². The molecular formula is C9H17NO. The van der Waals surface area contributed by atoms with E-state index in [-0.39, 0.29) is 5.91 Å². The molecule has 0 aliphatic carbocycles. The smallest absolute Gasteiger partial charge is 0.220 e. The van der Waals surface area contributed by atoms with Crippen LogP contribution in [0.1, 0.15) is 39.5 Å². The summed E-state index contributed by atoms with van der Waals surface area (Å²) in [6, 6.07) is 0. The van der Waals surface area contributed by atoms with E-state index in [0.29, 0.717) is 0 Å². The zero-order valence-electron chi connectivity index (χ0n) is 7.44. The van der Waals surface area contributed by atoms with Crippen molar-refractivity contribution in [2.24, 2.45) is 0 Å². The van der Waals surface area contributed by atoms with E-state index in [9.17, 15) is 4.79 Å². The Morgan fingerprint density at radius 3 is 2.55 bits per heavy atom. The topological polar surface area (TPSA) is 29.1 Å². The molecule has 64 valence electrons. The van der Waals surface area contributed by atoms with Crippen LogP contribution in [0.25, 0.3) is 0 Å². The van der Waals surface area contributed by atoms with Crippen molar-refractivity contribution in [1.29, 1.82) is 0 Å². The molecule has 0 radical (unpaired) electrons. The second-order valence-corrected chi connectivity index (χ2v) is 2.74. The fraction of sp³-hybridized carbons (Fsp3) is 0.667. The van der Waals surface area contributed by atoms with E-state index in [4.69, 9.17) is 0 Å². The fourth-order valence-corrected chi connectivity index (χ4v) is 0.900. The lowest BCUT2D eigenvalue weighted by molar-refractivity contribution is -0.118. The van der Waals surface area contributed by atoms with Crippen LogP contribution in [0.15, 0.2) is 12.3 Å². The van der Waals surface area contributed by atoms with E-state index >= 15 is 0 Å². The van der Waals surface area contributed by atoms with Gasteiger partial charge in [0.05, 0.1) is 0 Å². The predicted molar refractivity (Wildman–Crippen MR) is 47.1 cm³/mol. The molecule has 0 unspecified atom stereocenters. The number of rotatable bonds is 5. The number of carbonyl (C=O) groups excluding carboxylic acids is 1. The van der Waals surface area contributed by atoms with E-state index < -0.39 is 0 Å². The number of amides is 1. The first-order valence-corrected chi connectivity index (χ1v) is 4.12. The minimum atomic E-state index is -0.0218. The Morgan fingerprint density at radius 1 is 1.45 bits per heavy atom. The van der Waals surface area contributed by atoms with Crippen LogP contribution in [-0.4, -0.2) is 5.91 Å². The molecule has 0 fully saturated rings. The first-order chi connectivity index (χ1) is 5.16. The van der Waals surface area contributed by atoms with Crippen molar-refractivity contribution in [3.8, 4) is 0 Å². The van der Waals surface area contributed by atoms with Gasteiger partial charge in [0.25, 0.3) is 0 Å². The summed E-state index contributed by atoms with van der Waals surface area (Å²) in [6.07, 6.45) is 4.44. The minimum Gasteiger partial charge on any atom is -0.331 e. The third-order valence-corrected chi connectivity index (χ3v) is 1.43. The van der Waals surface area contributed by atoms with Crippen LogP contribution < -0.4 is 5.32 Å². The normalized spacial score (nSPS) is 9.27. The maximum atomic E-state index is 10.5. The lowest BCUT2D eigenvalue weighted by Crippen LogP contribution is -2.18. The molecule has 0 spiro atoms. The highest BCUT2D eigenvalue weighted by Crippen LogP contribution is 2.03.